The van der Waals surface area contributed by atoms with Crippen molar-refractivity contribution < 1.29 is 9.53 Å². The van der Waals surface area contributed by atoms with Gasteiger partial charge in [0, 0.05) is 17.9 Å². The molecule has 1 amide bonds. The Morgan fingerprint density at radius 2 is 1.59 bits per heavy atom. The molecule has 1 aliphatic rings. The van der Waals surface area contributed by atoms with E-state index in [9.17, 15) is 4.79 Å². The lowest BCUT2D eigenvalue weighted by Gasteiger charge is -2.29. The molecule has 0 fully saturated rings. The van der Waals surface area contributed by atoms with Crippen molar-refractivity contribution in [1.82, 2.24) is 0 Å². The first-order chi connectivity index (χ1) is 13.3. The molecule has 0 bridgehead atoms. The summed E-state index contributed by atoms with van der Waals surface area (Å²) in [6.45, 7) is 1.05. The zero-order chi connectivity index (χ0) is 18.5. The number of para-hydroxylation sites is 2. The Bertz CT molecular complexity index is 907. The van der Waals surface area contributed by atoms with Gasteiger partial charge in [-0.05, 0) is 60.9 Å². The van der Waals surface area contributed by atoms with Crippen LogP contribution >= 0.6 is 0 Å². The van der Waals surface area contributed by atoms with Crippen LogP contribution in [0.4, 0.5) is 11.4 Å². The summed E-state index contributed by atoms with van der Waals surface area (Å²) in [5, 5.41) is 3.22. The summed E-state index contributed by atoms with van der Waals surface area (Å²) in [5.74, 6) is 1.66. The number of benzene rings is 3. The number of hydrogen-bond acceptors (Lipinski definition) is 3. The summed E-state index contributed by atoms with van der Waals surface area (Å²) < 4.78 is 5.79. The van der Waals surface area contributed by atoms with E-state index < -0.39 is 0 Å². The third-order valence-electron chi connectivity index (χ3n) is 4.69. The van der Waals surface area contributed by atoms with Crippen LogP contribution in [-0.4, -0.2) is 19.0 Å². The SMILES string of the molecule is O=C(CNc1ccc(Oc2ccccc2)cc1)N1CCCc2ccccc21. The van der Waals surface area contributed by atoms with Gasteiger partial charge in [0.1, 0.15) is 11.5 Å². The molecule has 4 nitrogen and oxygen atoms in total. The predicted octanol–water partition coefficient (Wildman–Crippen LogP) is 4.87. The molecule has 0 atom stereocenters. The number of carbonyl (C=O) groups excluding carboxylic acids is 1. The molecule has 0 saturated heterocycles. The van der Waals surface area contributed by atoms with Crippen LogP contribution in [0.5, 0.6) is 11.5 Å². The van der Waals surface area contributed by atoms with Crippen molar-refractivity contribution in [1.29, 1.82) is 0 Å². The van der Waals surface area contributed by atoms with Crippen molar-refractivity contribution in [2.75, 3.05) is 23.3 Å². The van der Waals surface area contributed by atoms with E-state index in [0.29, 0.717) is 0 Å². The maximum atomic E-state index is 12.7. The van der Waals surface area contributed by atoms with Gasteiger partial charge in [-0.25, -0.2) is 0 Å². The number of nitrogens with zero attached hydrogens (tertiary/aromatic N) is 1. The quantitative estimate of drug-likeness (QED) is 0.707. The molecule has 0 aromatic heterocycles. The fraction of sp³-hybridized carbons (Fsp3) is 0.174. The van der Waals surface area contributed by atoms with Gasteiger partial charge in [0.15, 0.2) is 0 Å². The number of amides is 1. The fourth-order valence-electron chi connectivity index (χ4n) is 3.33. The molecule has 3 aromatic carbocycles. The summed E-state index contributed by atoms with van der Waals surface area (Å²) >= 11 is 0. The molecule has 0 saturated carbocycles. The Morgan fingerprint density at radius 3 is 2.41 bits per heavy atom. The van der Waals surface area contributed by atoms with Crippen LogP contribution in [0.25, 0.3) is 0 Å². The molecule has 4 rings (SSSR count). The first-order valence-corrected chi connectivity index (χ1v) is 9.25. The van der Waals surface area contributed by atoms with Crippen LogP contribution in [0.3, 0.4) is 0 Å². The molecule has 0 aliphatic carbocycles. The minimum atomic E-state index is 0.0896. The van der Waals surface area contributed by atoms with Crippen molar-refractivity contribution in [3.05, 3.63) is 84.4 Å². The van der Waals surface area contributed by atoms with Crippen LogP contribution in [-0.2, 0) is 11.2 Å². The molecule has 3 aromatic rings. The standard InChI is InChI=1S/C23H22N2O2/c26-23(25-16-6-8-18-7-4-5-11-22(18)25)17-24-19-12-14-21(15-13-19)27-20-9-2-1-3-10-20/h1-5,7,9-15,24H,6,8,16-17H2. The number of ether oxygens (including phenoxy) is 1. The van der Waals surface area contributed by atoms with Crippen molar-refractivity contribution in [3.63, 3.8) is 0 Å². The van der Waals surface area contributed by atoms with Gasteiger partial charge >= 0.3 is 0 Å². The zero-order valence-electron chi connectivity index (χ0n) is 15.1. The van der Waals surface area contributed by atoms with Gasteiger partial charge in [0.05, 0.1) is 6.54 Å². The molecule has 1 aliphatic heterocycles. The van der Waals surface area contributed by atoms with E-state index in [-0.39, 0.29) is 12.5 Å². The molecule has 136 valence electrons. The summed E-state index contributed by atoms with van der Waals surface area (Å²) in [4.78, 5) is 14.6. The van der Waals surface area contributed by atoms with Crippen molar-refractivity contribution in [3.8, 4) is 11.5 Å². The van der Waals surface area contributed by atoms with Crippen LogP contribution in [0.1, 0.15) is 12.0 Å². The highest BCUT2D eigenvalue weighted by molar-refractivity contribution is 5.97. The summed E-state index contributed by atoms with van der Waals surface area (Å²) in [5.41, 5.74) is 3.19. The van der Waals surface area contributed by atoms with E-state index in [4.69, 9.17) is 4.74 Å². The second kappa shape index (κ2) is 7.96. The average Bonchev–Trinajstić information content (AvgIpc) is 2.73. The molecule has 4 heteroatoms. The van der Waals surface area contributed by atoms with Crippen LogP contribution in [0.2, 0.25) is 0 Å². The minimum absolute atomic E-state index is 0.0896. The number of carbonyl (C=O) groups is 1. The average molecular weight is 358 g/mol. The zero-order valence-corrected chi connectivity index (χ0v) is 15.1. The highest BCUT2D eigenvalue weighted by Gasteiger charge is 2.21. The van der Waals surface area contributed by atoms with Gasteiger partial charge in [0.2, 0.25) is 5.91 Å². The second-order valence-electron chi connectivity index (χ2n) is 6.57. The number of hydrogen-bond donors (Lipinski definition) is 1. The fourth-order valence-corrected chi connectivity index (χ4v) is 3.33. The smallest absolute Gasteiger partial charge is 0.246 e. The Balaban J connectivity index is 1.36. The molecular formula is C23H22N2O2. The monoisotopic (exact) mass is 358 g/mol. The molecule has 0 radical (unpaired) electrons. The van der Waals surface area contributed by atoms with E-state index in [0.717, 1.165) is 42.3 Å². The number of anilines is 2. The van der Waals surface area contributed by atoms with E-state index in [1.807, 2.05) is 77.7 Å². The summed E-state index contributed by atoms with van der Waals surface area (Å²) in [6, 6.07) is 25.5. The minimum Gasteiger partial charge on any atom is -0.457 e. The molecule has 1 heterocycles. The lowest BCUT2D eigenvalue weighted by atomic mass is 10.0. The highest BCUT2D eigenvalue weighted by Crippen LogP contribution is 2.27. The van der Waals surface area contributed by atoms with Gasteiger partial charge in [-0.2, -0.15) is 0 Å². The Hall–Kier alpha value is -3.27. The largest absolute Gasteiger partial charge is 0.457 e. The number of fused-ring (bicyclic) bond motifs is 1. The lowest BCUT2D eigenvalue weighted by Crippen LogP contribution is -2.39. The second-order valence-corrected chi connectivity index (χ2v) is 6.57. The van der Waals surface area contributed by atoms with Gasteiger partial charge in [0.25, 0.3) is 0 Å². The Labute approximate surface area is 159 Å². The van der Waals surface area contributed by atoms with Crippen LogP contribution in [0.15, 0.2) is 78.9 Å². The van der Waals surface area contributed by atoms with Gasteiger partial charge in [-0.15, -0.1) is 0 Å². The van der Waals surface area contributed by atoms with Crippen molar-refractivity contribution in [2.24, 2.45) is 0 Å². The molecule has 1 N–H and O–H groups in total. The molecule has 27 heavy (non-hydrogen) atoms. The van der Waals surface area contributed by atoms with Gasteiger partial charge in [-0.3, -0.25) is 4.79 Å². The number of rotatable bonds is 5. The maximum Gasteiger partial charge on any atom is 0.246 e. The first kappa shape index (κ1) is 17.2. The topological polar surface area (TPSA) is 41.6 Å². The Kier molecular flexibility index (Phi) is 5.06. The van der Waals surface area contributed by atoms with Crippen LogP contribution < -0.4 is 15.0 Å². The van der Waals surface area contributed by atoms with Gasteiger partial charge in [-0.1, -0.05) is 36.4 Å². The summed E-state index contributed by atoms with van der Waals surface area (Å²) in [6.07, 6.45) is 2.05. The molecular weight excluding hydrogens is 336 g/mol. The number of aryl methyl sites for hydroxylation is 1. The number of nitrogens with one attached hydrogen (secondary N) is 1. The molecule has 0 spiro atoms. The van der Waals surface area contributed by atoms with E-state index >= 15 is 0 Å². The van der Waals surface area contributed by atoms with E-state index in [1.165, 1.54) is 5.56 Å². The normalized spacial score (nSPS) is 13.0. The molecule has 0 unspecified atom stereocenters. The van der Waals surface area contributed by atoms with Crippen molar-refractivity contribution >= 4 is 17.3 Å². The summed E-state index contributed by atoms with van der Waals surface area (Å²) in [7, 11) is 0. The highest BCUT2D eigenvalue weighted by atomic mass is 16.5. The first-order valence-electron chi connectivity index (χ1n) is 9.25. The predicted molar refractivity (Wildman–Crippen MR) is 109 cm³/mol. The third kappa shape index (κ3) is 4.11. The van der Waals surface area contributed by atoms with E-state index in [1.54, 1.807) is 0 Å². The maximum absolute atomic E-state index is 12.7. The Morgan fingerprint density at radius 1 is 0.889 bits per heavy atom. The van der Waals surface area contributed by atoms with Crippen LogP contribution in [0, 0.1) is 0 Å². The third-order valence-corrected chi connectivity index (χ3v) is 4.69. The van der Waals surface area contributed by atoms with Gasteiger partial charge < -0.3 is 15.0 Å². The lowest BCUT2D eigenvalue weighted by molar-refractivity contribution is -0.117. The van der Waals surface area contributed by atoms with Crippen molar-refractivity contribution in [2.45, 2.75) is 12.8 Å². The van der Waals surface area contributed by atoms with E-state index in [2.05, 4.69) is 11.4 Å².